The summed E-state index contributed by atoms with van der Waals surface area (Å²) in [5, 5.41) is 17.2. The molecule has 0 saturated carbocycles. The van der Waals surface area contributed by atoms with Gasteiger partial charge < -0.3 is 24.4 Å². The van der Waals surface area contributed by atoms with Crippen molar-refractivity contribution in [2.24, 2.45) is 0 Å². The van der Waals surface area contributed by atoms with Crippen molar-refractivity contribution in [3.05, 3.63) is 18.2 Å². The fraction of sp³-hybridized carbons (Fsp3) is 0.125. The van der Waals surface area contributed by atoms with E-state index in [0.29, 0.717) is 16.8 Å². The Balaban J connectivity index is 2.37. The van der Waals surface area contributed by atoms with Crippen LogP contribution in [0.3, 0.4) is 0 Å². The topological polar surface area (TPSA) is 87.6 Å². The van der Waals surface area contributed by atoms with Crippen molar-refractivity contribution in [3.63, 3.8) is 0 Å². The first kappa shape index (κ1) is 9.82. The monoisotopic (exact) mass is 208 g/mol. The van der Waals surface area contributed by atoms with E-state index < -0.39 is 7.32 Å². The van der Waals surface area contributed by atoms with Crippen LogP contribution in [0.4, 0.5) is 0 Å². The highest BCUT2D eigenvalue weighted by atomic mass is 16.6. The van der Waals surface area contributed by atoms with E-state index in [1.807, 2.05) is 0 Å². The second kappa shape index (κ2) is 3.80. The first-order valence-corrected chi connectivity index (χ1v) is 4.25. The summed E-state index contributed by atoms with van der Waals surface area (Å²) < 4.78 is 9.60. The Morgan fingerprint density at radius 2 is 2.20 bits per heavy atom. The van der Waals surface area contributed by atoms with Gasteiger partial charge in [0.15, 0.2) is 0 Å². The predicted octanol–water partition coefficient (Wildman–Crippen LogP) is -0.0802. The van der Waals surface area contributed by atoms with Gasteiger partial charge in [0, 0.05) is 6.07 Å². The van der Waals surface area contributed by atoms with Crippen molar-refractivity contribution in [1.82, 2.24) is 9.97 Å². The number of hydrogen-bond donors (Lipinski definition) is 3. The molecule has 0 atom stereocenters. The highest BCUT2D eigenvalue weighted by molar-refractivity contribution is 6.33. The molecule has 0 radical (unpaired) electrons. The van der Waals surface area contributed by atoms with Crippen molar-refractivity contribution in [1.29, 1.82) is 0 Å². The molecular weight excluding hydrogens is 199 g/mol. The number of aromatic amines is 1. The van der Waals surface area contributed by atoms with Crippen LogP contribution in [0.5, 0.6) is 11.8 Å². The van der Waals surface area contributed by atoms with Gasteiger partial charge in [0.05, 0.1) is 18.1 Å². The zero-order chi connectivity index (χ0) is 10.8. The zero-order valence-corrected chi connectivity index (χ0v) is 7.97. The van der Waals surface area contributed by atoms with Crippen LogP contribution >= 0.6 is 0 Å². The molecule has 1 aromatic heterocycles. The Labute approximate surface area is 85.6 Å². The van der Waals surface area contributed by atoms with Crippen LogP contribution in [0.15, 0.2) is 18.2 Å². The maximum atomic E-state index is 8.58. The predicted molar refractivity (Wildman–Crippen MR) is 53.5 cm³/mol. The maximum absolute atomic E-state index is 8.58. The minimum absolute atomic E-state index is 0.0493. The van der Waals surface area contributed by atoms with Crippen molar-refractivity contribution < 1.29 is 19.4 Å². The normalized spacial score (nSPS) is 10.3. The van der Waals surface area contributed by atoms with Gasteiger partial charge in [-0.2, -0.15) is 4.98 Å². The van der Waals surface area contributed by atoms with E-state index in [4.69, 9.17) is 14.8 Å². The Morgan fingerprint density at radius 1 is 1.40 bits per heavy atom. The number of hydrogen-bond acceptors (Lipinski definition) is 5. The minimum atomic E-state index is -1.88. The lowest BCUT2D eigenvalue weighted by atomic mass is 10.3. The molecule has 6 nitrogen and oxygen atoms in total. The first-order valence-electron chi connectivity index (χ1n) is 4.25. The lowest BCUT2D eigenvalue weighted by Gasteiger charge is -1.97. The molecule has 2 rings (SSSR count). The molecule has 0 aliphatic carbocycles. The van der Waals surface area contributed by atoms with Gasteiger partial charge in [-0.1, -0.05) is 0 Å². The Kier molecular flexibility index (Phi) is 2.48. The molecule has 0 unspecified atom stereocenters. The number of aromatic nitrogens is 2. The van der Waals surface area contributed by atoms with Crippen molar-refractivity contribution in [2.45, 2.75) is 0 Å². The van der Waals surface area contributed by atoms with Gasteiger partial charge in [0.25, 0.3) is 6.01 Å². The third-order valence-electron chi connectivity index (χ3n) is 1.88. The summed E-state index contributed by atoms with van der Waals surface area (Å²) >= 11 is 0. The van der Waals surface area contributed by atoms with Crippen LogP contribution in [0, 0.1) is 0 Å². The molecule has 0 spiro atoms. The quantitative estimate of drug-likeness (QED) is 0.614. The molecule has 7 heteroatoms. The van der Waals surface area contributed by atoms with Gasteiger partial charge >= 0.3 is 7.32 Å². The average Bonchev–Trinajstić information content (AvgIpc) is 2.57. The highest BCUT2D eigenvalue weighted by Gasteiger charge is 2.14. The fourth-order valence-corrected chi connectivity index (χ4v) is 1.25. The number of nitrogens with one attached hydrogen (secondary N) is 1. The number of ether oxygens (including phenoxy) is 1. The third-order valence-corrected chi connectivity index (χ3v) is 1.88. The smallest absolute Gasteiger partial charge is 0.497 e. The Morgan fingerprint density at radius 3 is 2.87 bits per heavy atom. The molecular formula is C8H9BN2O4. The zero-order valence-electron chi connectivity index (χ0n) is 7.97. The standard InChI is InChI=1S/C8H9BN2O4/c1-14-5-2-3-6-7(4-5)11-8(10-6)15-9(12)13/h2-4,12-13H,1H3,(H,10,11). The summed E-state index contributed by atoms with van der Waals surface area (Å²) in [5.41, 5.74) is 1.36. The van der Waals surface area contributed by atoms with E-state index >= 15 is 0 Å². The fourth-order valence-electron chi connectivity index (χ4n) is 1.25. The van der Waals surface area contributed by atoms with Crippen LogP contribution in [0.25, 0.3) is 11.0 Å². The molecule has 0 aliphatic heterocycles. The summed E-state index contributed by atoms with van der Waals surface area (Å²) in [5.74, 6) is 0.683. The van der Waals surface area contributed by atoms with E-state index in [2.05, 4.69) is 14.6 Å². The Hall–Kier alpha value is -1.73. The van der Waals surface area contributed by atoms with Crippen LogP contribution in [0.2, 0.25) is 0 Å². The number of rotatable bonds is 3. The van der Waals surface area contributed by atoms with E-state index in [0.717, 1.165) is 0 Å². The molecule has 0 aliphatic rings. The van der Waals surface area contributed by atoms with Gasteiger partial charge in [-0.05, 0) is 12.1 Å². The molecule has 1 aromatic carbocycles. The number of methoxy groups -OCH3 is 1. The molecule has 78 valence electrons. The van der Waals surface area contributed by atoms with Crippen LogP contribution < -0.4 is 9.39 Å². The lowest BCUT2D eigenvalue weighted by Crippen LogP contribution is -2.21. The van der Waals surface area contributed by atoms with Crippen molar-refractivity contribution >= 4 is 18.4 Å². The molecule has 0 fully saturated rings. The number of H-pyrrole nitrogens is 1. The summed E-state index contributed by atoms with van der Waals surface area (Å²) in [6.07, 6.45) is 0. The van der Waals surface area contributed by atoms with Crippen LogP contribution in [0.1, 0.15) is 0 Å². The van der Waals surface area contributed by atoms with Crippen LogP contribution in [-0.4, -0.2) is 34.4 Å². The minimum Gasteiger partial charge on any atom is -0.497 e. The molecule has 3 N–H and O–H groups in total. The second-order valence-corrected chi connectivity index (χ2v) is 2.87. The number of fused-ring (bicyclic) bond motifs is 1. The number of benzene rings is 1. The SMILES string of the molecule is COc1ccc2nc(OB(O)O)[nH]c2c1. The summed E-state index contributed by atoms with van der Waals surface area (Å²) in [6.45, 7) is 0. The van der Waals surface area contributed by atoms with E-state index in [1.54, 1.807) is 25.3 Å². The molecule has 1 heterocycles. The Bertz CT molecular complexity index is 471. The molecule has 15 heavy (non-hydrogen) atoms. The first-order chi connectivity index (χ1) is 7.19. The highest BCUT2D eigenvalue weighted by Crippen LogP contribution is 2.21. The van der Waals surface area contributed by atoms with Crippen LogP contribution in [-0.2, 0) is 0 Å². The third kappa shape index (κ3) is 2.03. The molecule has 0 saturated heterocycles. The van der Waals surface area contributed by atoms with E-state index in [-0.39, 0.29) is 6.01 Å². The van der Waals surface area contributed by atoms with Gasteiger partial charge in [-0.15, -0.1) is 0 Å². The van der Waals surface area contributed by atoms with Crippen molar-refractivity contribution in [2.75, 3.05) is 7.11 Å². The summed E-state index contributed by atoms with van der Waals surface area (Å²) in [6, 6.07) is 5.27. The van der Waals surface area contributed by atoms with Gasteiger partial charge in [0.1, 0.15) is 5.75 Å². The largest absolute Gasteiger partial charge is 0.709 e. The molecule has 0 amide bonds. The van der Waals surface area contributed by atoms with Crippen molar-refractivity contribution in [3.8, 4) is 11.8 Å². The summed E-state index contributed by atoms with van der Waals surface area (Å²) in [4.78, 5) is 6.74. The average molecular weight is 208 g/mol. The second-order valence-electron chi connectivity index (χ2n) is 2.87. The number of nitrogens with zero attached hydrogens (tertiary/aromatic N) is 1. The van der Waals surface area contributed by atoms with Gasteiger partial charge in [-0.25, -0.2) is 0 Å². The van der Waals surface area contributed by atoms with E-state index in [9.17, 15) is 0 Å². The number of imidazole rings is 1. The van der Waals surface area contributed by atoms with Gasteiger partial charge in [-0.3, -0.25) is 0 Å². The maximum Gasteiger partial charge on any atom is 0.709 e. The lowest BCUT2D eigenvalue weighted by molar-refractivity contribution is 0.279. The van der Waals surface area contributed by atoms with Gasteiger partial charge in [0.2, 0.25) is 0 Å². The van der Waals surface area contributed by atoms with E-state index in [1.165, 1.54) is 0 Å². The molecule has 0 bridgehead atoms. The summed E-state index contributed by atoms with van der Waals surface area (Å²) in [7, 11) is -0.320. The molecule has 2 aromatic rings.